The van der Waals surface area contributed by atoms with E-state index in [-0.39, 0.29) is 30.8 Å². The van der Waals surface area contributed by atoms with Gasteiger partial charge in [0.25, 0.3) is 5.91 Å². The van der Waals surface area contributed by atoms with Gasteiger partial charge in [0.1, 0.15) is 11.9 Å². The van der Waals surface area contributed by atoms with Crippen LogP contribution in [0.3, 0.4) is 0 Å². The summed E-state index contributed by atoms with van der Waals surface area (Å²) in [6.07, 6.45) is 1.44. The average Bonchev–Trinajstić information content (AvgIpc) is 3.07. The number of nitrogens with one attached hydrogen (secondary N) is 1. The number of halogens is 1. The van der Waals surface area contributed by atoms with Crippen LogP contribution >= 0.6 is 0 Å². The molecule has 8 heteroatoms. The minimum atomic E-state index is -1.03. The van der Waals surface area contributed by atoms with Crippen molar-refractivity contribution in [1.29, 1.82) is 0 Å². The minimum Gasteiger partial charge on any atom is -0.464 e. The van der Waals surface area contributed by atoms with Crippen molar-refractivity contribution in [3.63, 3.8) is 0 Å². The number of rotatable bonds is 5. The summed E-state index contributed by atoms with van der Waals surface area (Å²) >= 11 is 0. The summed E-state index contributed by atoms with van der Waals surface area (Å²) in [7, 11) is 0. The van der Waals surface area contributed by atoms with Crippen LogP contribution in [0, 0.1) is 5.82 Å². The van der Waals surface area contributed by atoms with Gasteiger partial charge in [-0.1, -0.05) is 18.2 Å². The largest absolute Gasteiger partial charge is 0.464 e. The van der Waals surface area contributed by atoms with Gasteiger partial charge in [0.05, 0.1) is 24.5 Å². The van der Waals surface area contributed by atoms with Gasteiger partial charge < -0.3 is 14.5 Å². The number of hydrogen-bond donors (Lipinski definition) is 1. The second kappa shape index (κ2) is 9.28. The average molecular weight is 450 g/mol. The van der Waals surface area contributed by atoms with Crippen LogP contribution in [0.4, 0.5) is 4.39 Å². The maximum atomic E-state index is 13.4. The van der Waals surface area contributed by atoms with Gasteiger partial charge in [-0.15, -0.1) is 0 Å². The first-order chi connectivity index (χ1) is 15.9. The van der Waals surface area contributed by atoms with Crippen molar-refractivity contribution < 1.29 is 28.2 Å². The van der Waals surface area contributed by atoms with Crippen molar-refractivity contribution in [3.05, 3.63) is 77.4 Å². The highest BCUT2D eigenvalue weighted by molar-refractivity contribution is 6.18. The zero-order valence-electron chi connectivity index (χ0n) is 18.3. The van der Waals surface area contributed by atoms with Crippen molar-refractivity contribution in [3.8, 4) is 0 Å². The molecule has 1 atom stereocenters. The number of aromatic amines is 1. The Kier molecular flexibility index (Phi) is 6.26. The standard InChI is InChI=1S/C25H23FN2O5/c1-3-32-24(30)19-14-28(23(29)15-9-11-16(26)12-10-15)21(25(31)33-4-2)13-18-17-7-5-6-8-20(17)27-22(18)19/h5-12,14,21,27H,3-4,13H2,1-2H3/t21-/m1/s1. The normalized spacial score (nSPS) is 15.4. The van der Waals surface area contributed by atoms with E-state index in [2.05, 4.69) is 4.98 Å². The van der Waals surface area contributed by atoms with Crippen molar-refractivity contribution in [2.24, 2.45) is 0 Å². The van der Waals surface area contributed by atoms with E-state index in [1.165, 1.54) is 23.2 Å². The lowest BCUT2D eigenvalue weighted by molar-refractivity contribution is -0.147. The molecule has 170 valence electrons. The predicted octanol–water partition coefficient (Wildman–Crippen LogP) is 3.84. The number of H-pyrrole nitrogens is 1. The number of nitrogens with zero attached hydrogens (tertiary/aromatic N) is 1. The maximum absolute atomic E-state index is 13.4. The van der Waals surface area contributed by atoms with Gasteiger partial charge in [-0.3, -0.25) is 9.69 Å². The number of aromatic nitrogens is 1. The Morgan fingerprint density at radius 2 is 1.73 bits per heavy atom. The Morgan fingerprint density at radius 3 is 2.42 bits per heavy atom. The van der Waals surface area contributed by atoms with Crippen LogP contribution < -0.4 is 0 Å². The summed E-state index contributed by atoms with van der Waals surface area (Å²) in [5, 5.41) is 0.827. The number of esters is 2. The Labute approximate surface area is 189 Å². The number of amides is 1. The third kappa shape index (κ3) is 4.24. The zero-order valence-corrected chi connectivity index (χ0v) is 18.3. The van der Waals surface area contributed by atoms with Gasteiger partial charge in [-0.05, 0) is 49.7 Å². The molecule has 0 saturated carbocycles. The highest BCUT2D eigenvalue weighted by atomic mass is 19.1. The molecule has 0 radical (unpaired) electrons. The molecule has 4 rings (SSSR count). The van der Waals surface area contributed by atoms with Crippen LogP contribution in [-0.4, -0.2) is 47.0 Å². The topological polar surface area (TPSA) is 88.7 Å². The molecule has 3 aromatic rings. The van der Waals surface area contributed by atoms with E-state index in [4.69, 9.17) is 9.47 Å². The van der Waals surface area contributed by atoms with Gasteiger partial charge in [-0.2, -0.15) is 0 Å². The van der Waals surface area contributed by atoms with Crippen LogP contribution in [0.2, 0.25) is 0 Å². The summed E-state index contributed by atoms with van der Waals surface area (Å²) < 4.78 is 23.9. The van der Waals surface area contributed by atoms with Crippen LogP contribution in [0.15, 0.2) is 54.7 Å². The molecule has 0 saturated heterocycles. The van der Waals surface area contributed by atoms with E-state index in [0.717, 1.165) is 23.0 Å². The minimum absolute atomic E-state index is 0.116. The van der Waals surface area contributed by atoms with E-state index in [0.29, 0.717) is 11.3 Å². The monoisotopic (exact) mass is 450 g/mol. The molecule has 0 bridgehead atoms. The molecule has 2 aromatic carbocycles. The molecule has 7 nitrogen and oxygen atoms in total. The van der Waals surface area contributed by atoms with Crippen molar-refractivity contribution in [2.75, 3.05) is 13.2 Å². The van der Waals surface area contributed by atoms with E-state index in [1.54, 1.807) is 13.8 Å². The van der Waals surface area contributed by atoms with Gasteiger partial charge in [-0.25, -0.2) is 14.0 Å². The highest BCUT2D eigenvalue weighted by Crippen LogP contribution is 2.34. The van der Waals surface area contributed by atoms with Crippen LogP contribution in [0.5, 0.6) is 0 Å². The molecule has 0 unspecified atom stereocenters. The van der Waals surface area contributed by atoms with E-state index in [9.17, 15) is 18.8 Å². The Morgan fingerprint density at radius 1 is 1.03 bits per heavy atom. The molecule has 1 aromatic heterocycles. The number of benzene rings is 2. The molecule has 0 fully saturated rings. The molecular weight excluding hydrogens is 427 g/mol. The molecule has 1 N–H and O–H groups in total. The number of hydrogen-bond acceptors (Lipinski definition) is 5. The Bertz CT molecular complexity index is 1250. The van der Waals surface area contributed by atoms with Gasteiger partial charge in [0.2, 0.25) is 0 Å². The molecule has 1 aliphatic rings. The molecule has 1 aliphatic heterocycles. The lowest BCUT2D eigenvalue weighted by Gasteiger charge is -2.26. The summed E-state index contributed by atoms with van der Waals surface area (Å²) in [5.74, 6) is -2.30. The van der Waals surface area contributed by atoms with Crippen LogP contribution in [-0.2, 0) is 25.5 Å². The molecule has 1 amide bonds. The summed E-state index contributed by atoms with van der Waals surface area (Å²) in [5.41, 5.74) is 2.26. The number of ether oxygens (including phenoxy) is 2. The van der Waals surface area contributed by atoms with Crippen LogP contribution in [0.25, 0.3) is 16.5 Å². The Balaban J connectivity index is 1.91. The Hall–Kier alpha value is -3.94. The first kappa shape index (κ1) is 22.3. The predicted molar refractivity (Wildman–Crippen MR) is 120 cm³/mol. The van der Waals surface area contributed by atoms with E-state index < -0.39 is 29.7 Å². The highest BCUT2D eigenvalue weighted by Gasteiger charge is 2.37. The molecule has 2 heterocycles. The van der Waals surface area contributed by atoms with Gasteiger partial charge in [0.15, 0.2) is 0 Å². The lowest BCUT2D eigenvalue weighted by atomic mass is 10.0. The molecule has 33 heavy (non-hydrogen) atoms. The SMILES string of the molecule is CCOC(=O)C1=CN(C(=O)c2ccc(F)cc2)[C@@H](C(=O)OCC)Cc2c1[nH]c1ccccc21. The third-order valence-electron chi connectivity index (χ3n) is 5.46. The fourth-order valence-electron chi connectivity index (χ4n) is 3.97. The van der Waals surface area contributed by atoms with E-state index in [1.807, 2.05) is 24.3 Å². The van der Waals surface area contributed by atoms with Crippen molar-refractivity contribution in [2.45, 2.75) is 26.3 Å². The summed E-state index contributed by atoms with van der Waals surface area (Å²) in [4.78, 5) is 43.8. The maximum Gasteiger partial charge on any atom is 0.341 e. The second-order valence-corrected chi connectivity index (χ2v) is 7.48. The quantitative estimate of drug-likeness (QED) is 0.597. The zero-order chi connectivity index (χ0) is 23.5. The summed E-state index contributed by atoms with van der Waals surface area (Å²) in [6.45, 7) is 3.63. The number of para-hydroxylation sites is 1. The first-order valence-electron chi connectivity index (χ1n) is 10.7. The fourth-order valence-corrected chi connectivity index (χ4v) is 3.97. The number of carbonyl (C=O) groups excluding carboxylic acids is 3. The van der Waals surface area contributed by atoms with E-state index >= 15 is 0 Å². The number of carbonyl (C=O) groups is 3. The van der Waals surface area contributed by atoms with Gasteiger partial charge in [0, 0.05) is 29.1 Å². The second-order valence-electron chi connectivity index (χ2n) is 7.48. The van der Waals surface area contributed by atoms with Crippen molar-refractivity contribution in [1.82, 2.24) is 9.88 Å². The third-order valence-corrected chi connectivity index (χ3v) is 5.46. The molecule has 0 aliphatic carbocycles. The lowest BCUT2D eigenvalue weighted by Crippen LogP contribution is -2.43. The number of fused-ring (bicyclic) bond motifs is 3. The smallest absolute Gasteiger partial charge is 0.341 e. The summed E-state index contributed by atoms with van der Waals surface area (Å²) in [6, 6.07) is 11.4. The van der Waals surface area contributed by atoms with Crippen molar-refractivity contribution >= 4 is 34.3 Å². The molecule has 0 spiro atoms. The fraction of sp³-hybridized carbons (Fsp3) is 0.240. The van der Waals surface area contributed by atoms with Crippen LogP contribution in [0.1, 0.15) is 35.5 Å². The van der Waals surface area contributed by atoms with Gasteiger partial charge >= 0.3 is 11.9 Å². The first-order valence-corrected chi connectivity index (χ1v) is 10.7. The molecular formula is C25H23FN2O5.